The van der Waals surface area contributed by atoms with Crippen LogP contribution in [0.15, 0.2) is 42.5 Å². The van der Waals surface area contributed by atoms with Crippen molar-refractivity contribution in [2.45, 2.75) is 13.1 Å². The molecule has 0 unspecified atom stereocenters. The second kappa shape index (κ2) is 7.19. The number of carbonyl (C=O) groups excluding carboxylic acids is 1. The van der Waals surface area contributed by atoms with Crippen molar-refractivity contribution in [3.8, 4) is 0 Å². The quantitative estimate of drug-likeness (QED) is 0.561. The van der Waals surface area contributed by atoms with E-state index in [1.807, 2.05) is 0 Å². The first-order chi connectivity index (χ1) is 11.2. The van der Waals surface area contributed by atoms with Gasteiger partial charge in [0.15, 0.2) is 10.9 Å². The van der Waals surface area contributed by atoms with Crippen LogP contribution in [-0.4, -0.2) is 10.9 Å². The van der Waals surface area contributed by atoms with Crippen LogP contribution in [0.4, 0.5) is 24.5 Å². The van der Waals surface area contributed by atoms with Gasteiger partial charge in [-0.05, 0) is 61.6 Å². The minimum atomic E-state index is -4.55. The maximum atomic E-state index is 12.8. The second-order valence-electron chi connectivity index (χ2n) is 4.91. The van der Waals surface area contributed by atoms with Gasteiger partial charge in [-0.15, -0.1) is 0 Å². The third kappa shape index (κ3) is 4.69. The summed E-state index contributed by atoms with van der Waals surface area (Å²) in [6.07, 6.45) is -4.55. The number of Topliss-reactive ketones (excluding diaryl/α,β-unsaturated/α-hetero) is 1. The van der Waals surface area contributed by atoms with E-state index in [9.17, 15) is 18.0 Å². The Labute approximate surface area is 146 Å². The van der Waals surface area contributed by atoms with Crippen molar-refractivity contribution in [2.75, 3.05) is 10.6 Å². The zero-order valence-electron chi connectivity index (χ0n) is 12.4. The molecule has 2 aromatic rings. The monoisotopic (exact) mass is 372 g/mol. The Hall–Kier alpha value is -2.12. The van der Waals surface area contributed by atoms with E-state index in [4.69, 9.17) is 23.8 Å². The van der Waals surface area contributed by atoms with Gasteiger partial charge in [-0.3, -0.25) is 4.79 Å². The van der Waals surface area contributed by atoms with E-state index in [2.05, 4.69) is 10.6 Å². The Morgan fingerprint density at radius 1 is 1.04 bits per heavy atom. The van der Waals surface area contributed by atoms with Crippen molar-refractivity contribution < 1.29 is 18.0 Å². The molecule has 0 heterocycles. The zero-order valence-corrected chi connectivity index (χ0v) is 13.9. The zero-order chi connectivity index (χ0) is 17.9. The Balaban J connectivity index is 2.08. The van der Waals surface area contributed by atoms with Crippen LogP contribution < -0.4 is 10.6 Å². The number of nitrogens with one attached hydrogen (secondary N) is 2. The molecule has 0 aliphatic heterocycles. The van der Waals surface area contributed by atoms with E-state index in [-0.39, 0.29) is 21.6 Å². The molecule has 0 saturated carbocycles. The number of thiocarbonyl (C=S) groups is 1. The molecule has 126 valence electrons. The Bertz CT molecular complexity index is 776. The van der Waals surface area contributed by atoms with E-state index < -0.39 is 11.7 Å². The maximum Gasteiger partial charge on any atom is 0.417 e. The van der Waals surface area contributed by atoms with Gasteiger partial charge in [0, 0.05) is 16.9 Å². The highest BCUT2D eigenvalue weighted by molar-refractivity contribution is 7.80. The molecule has 0 saturated heterocycles. The van der Waals surface area contributed by atoms with Crippen molar-refractivity contribution in [2.24, 2.45) is 0 Å². The van der Waals surface area contributed by atoms with Crippen LogP contribution in [0.2, 0.25) is 5.02 Å². The fourth-order valence-electron chi connectivity index (χ4n) is 1.90. The summed E-state index contributed by atoms with van der Waals surface area (Å²) in [5, 5.41) is 5.22. The Morgan fingerprint density at radius 3 is 2.12 bits per heavy atom. The van der Waals surface area contributed by atoms with Crippen LogP contribution in [0.5, 0.6) is 0 Å². The normalized spacial score (nSPS) is 11.0. The largest absolute Gasteiger partial charge is 0.417 e. The average Bonchev–Trinajstić information content (AvgIpc) is 2.48. The molecular weight excluding hydrogens is 361 g/mol. The summed E-state index contributed by atoms with van der Waals surface area (Å²) in [6, 6.07) is 9.96. The third-order valence-electron chi connectivity index (χ3n) is 3.08. The minimum absolute atomic E-state index is 0.0666. The molecule has 0 aliphatic carbocycles. The highest BCUT2D eigenvalue weighted by atomic mass is 35.5. The van der Waals surface area contributed by atoms with E-state index in [1.165, 1.54) is 13.0 Å². The molecular formula is C16H12ClF3N2OS. The van der Waals surface area contributed by atoms with Gasteiger partial charge >= 0.3 is 6.18 Å². The van der Waals surface area contributed by atoms with Gasteiger partial charge in [0.05, 0.1) is 10.6 Å². The van der Waals surface area contributed by atoms with Gasteiger partial charge < -0.3 is 10.6 Å². The number of alkyl halides is 3. The lowest BCUT2D eigenvalue weighted by atomic mass is 10.1. The topological polar surface area (TPSA) is 41.1 Å². The molecule has 2 aromatic carbocycles. The molecule has 0 atom stereocenters. The summed E-state index contributed by atoms with van der Waals surface area (Å²) in [6.45, 7) is 1.45. The summed E-state index contributed by atoms with van der Waals surface area (Å²) in [4.78, 5) is 11.2. The molecule has 0 spiro atoms. The molecule has 0 fully saturated rings. The second-order valence-corrected chi connectivity index (χ2v) is 5.72. The van der Waals surface area contributed by atoms with E-state index in [1.54, 1.807) is 24.3 Å². The van der Waals surface area contributed by atoms with Crippen molar-refractivity contribution in [1.82, 2.24) is 0 Å². The number of hydrogen-bond acceptors (Lipinski definition) is 2. The van der Waals surface area contributed by atoms with Crippen LogP contribution in [0, 0.1) is 0 Å². The van der Waals surface area contributed by atoms with Gasteiger partial charge in [0.25, 0.3) is 0 Å². The molecule has 0 radical (unpaired) electrons. The van der Waals surface area contributed by atoms with Crippen molar-refractivity contribution in [3.05, 3.63) is 58.6 Å². The lowest BCUT2D eigenvalue weighted by Gasteiger charge is -2.14. The SMILES string of the molecule is CC(=O)c1ccc(NC(=S)Nc2ccc(Cl)c(C(F)(F)F)c2)cc1. The van der Waals surface area contributed by atoms with Gasteiger partial charge in [-0.1, -0.05) is 11.6 Å². The van der Waals surface area contributed by atoms with E-state index in [0.29, 0.717) is 11.3 Å². The van der Waals surface area contributed by atoms with E-state index >= 15 is 0 Å². The molecule has 8 heteroatoms. The number of carbonyl (C=O) groups is 1. The third-order valence-corrected chi connectivity index (χ3v) is 3.61. The summed E-state index contributed by atoms with van der Waals surface area (Å²) in [5.41, 5.74) is 0.363. The summed E-state index contributed by atoms with van der Waals surface area (Å²) in [7, 11) is 0. The lowest BCUT2D eigenvalue weighted by Crippen LogP contribution is -2.19. The molecule has 0 amide bonds. The first kappa shape index (κ1) is 18.2. The molecule has 2 rings (SSSR count). The molecule has 0 aromatic heterocycles. The summed E-state index contributed by atoms with van der Waals surface area (Å²) in [5.74, 6) is -0.0666. The Kier molecular flexibility index (Phi) is 5.46. The lowest BCUT2D eigenvalue weighted by molar-refractivity contribution is -0.137. The maximum absolute atomic E-state index is 12.8. The minimum Gasteiger partial charge on any atom is -0.332 e. The number of anilines is 2. The van der Waals surface area contributed by atoms with Gasteiger partial charge in [0.1, 0.15) is 0 Å². The van der Waals surface area contributed by atoms with Crippen LogP contribution in [0.25, 0.3) is 0 Å². The van der Waals surface area contributed by atoms with Crippen LogP contribution in [-0.2, 0) is 6.18 Å². The molecule has 24 heavy (non-hydrogen) atoms. The molecule has 0 aliphatic rings. The first-order valence-corrected chi connectivity index (χ1v) is 7.51. The summed E-state index contributed by atoms with van der Waals surface area (Å²) < 4.78 is 38.5. The van der Waals surface area contributed by atoms with Gasteiger partial charge in [-0.25, -0.2) is 0 Å². The number of rotatable bonds is 3. The summed E-state index contributed by atoms with van der Waals surface area (Å²) >= 11 is 10.6. The molecule has 2 N–H and O–H groups in total. The average molecular weight is 373 g/mol. The van der Waals surface area contributed by atoms with Crippen LogP contribution in [0.3, 0.4) is 0 Å². The van der Waals surface area contributed by atoms with Crippen LogP contribution >= 0.6 is 23.8 Å². The van der Waals surface area contributed by atoms with Crippen molar-refractivity contribution >= 4 is 46.1 Å². The van der Waals surface area contributed by atoms with E-state index in [0.717, 1.165) is 12.1 Å². The highest BCUT2D eigenvalue weighted by Gasteiger charge is 2.33. The van der Waals surface area contributed by atoms with Crippen LogP contribution in [0.1, 0.15) is 22.8 Å². The van der Waals surface area contributed by atoms with Crippen molar-refractivity contribution in [1.29, 1.82) is 0 Å². The van der Waals surface area contributed by atoms with Crippen molar-refractivity contribution in [3.63, 3.8) is 0 Å². The predicted octanol–water partition coefficient (Wildman–Crippen LogP) is 5.37. The highest BCUT2D eigenvalue weighted by Crippen LogP contribution is 2.36. The molecule has 0 bridgehead atoms. The van der Waals surface area contributed by atoms with Gasteiger partial charge in [0.2, 0.25) is 0 Å². The standard InChI is InChI=1S/C16H12ClF3N2OS/c1-9(23)10-2-4-11(5-3-10)21-15(24)22-12-6-7-14(17)13(8-12)16(18,19)20/h2-8H,1H3,(H2,21,22,24). The molecule has 3 nitrogen and oxygen atoms in total. The Morgan fingerprint density at radius 2 is 1.58 bits per heavy atom. The number of ketones is 1. The number of halogens is 4. The fraction of sp³-hybridized carbons (Fsp3) is 0.125. The number of hydrogen-bond donors (Lipinski definition) is 2. The van der Waals surface area contributed by atoms with Gasteiger partial charge in [-0.2, -0.15) is 13.2 Å². The smallest absolute Gasteiger partial charge is 0.332 e. The number of benzene rings is 2. The predicted molar refractivity (Wildman–Crippen MR) is 92.7 cm³/mol. The first-order valence-electron chi connectivity index (χ1n) is 6.72. The fourth-order valence-corrected chi connectivity index (χ4v) is 2.36.